The van der Waals surface area contributed by atoms with Crippen LogP contribution in [0, 0.1) is 12.8 Å². The van der Waals surface area contributed by atoms with Gasteiger partial charge in [-0.25, -0.2) is 0 Å². The van der Waals surface area contributed by atoms with Gasteiger partial charge in [0.05, 0.1) is 0 Å². The molecule has 2 heteroatoms. The molecule has 0 aliphatic carbocycles. The van der Waals surface area contributed by atoms with Crippen LogP contribution in [0.4, 0.5) is 0 Å². The first kappa shape index (κ1) is 14.4. The third kappa shape index (κ3) is 4.24. The van der Waals surface area contributed by atoms with Crippen LogP contribution in [0.2, 0.25) is 0 Å². The fourth-order valence-corrected chi connectivity index (χ4v) is 2.59. The number of aryl methyl sites for hydroxylation is 1. The predicted octanol–water partition coefficient (Wildman–Crippen LogP) is 3.71. The zero-order chi connectivity index (χ0) is 14.0. The summed E-state index contributed by atoms with van der Waals surface area (Å²) in [6, 6.07) is 6.50. The lowest BCUT2D eigenvalue weighted by molar-refractivity contribution is 0.193. The summed E-state index contributed by atoms with van der Waals surface area (Å²) >= 11 is 0. The van der Waals surface area contributed by atoms with Crippen LogP contribution in [0.3, 0.4) is 0 Å². The molecule has 0 radical (unpaired) electrons. The molecule has 0 saturated heterocycles. The Kier molecular flexibility index (Phi) is 4.19. The Morgan fingerprint density at radius 3 is 2.79 bits per heavy atom. The zero-order valence-electron chi connectivity index (χ0n) is 12.9. The van der Waals surface area contributed by atoms with E-state index in [0.29, 0.717) is 12.0 Å². The molecule has 0 bridgehead atoms. The van der Waals surface area contributed by atoms with Crippen molar-refractivity contribution in [3.05, 3.63) is 29.3 Å². The van der Waals surface area contributed by atoms with Crippen molar-refractivity contribution in [2.75, 3.05) is 6.54 Å². The molecular weight excluding hydrogens is 234 g/mol. The van der Waals surface area contributed by atoms with Crippen LogP contribution >= 0.6 is 0 Å². The Bertz CT molecular complexity index is 433. The average molecular weight is 261 g/mol. The van der Waals surface area contributed by atoms with Crippen LogP contribution in [0.15, 0.2) is 18.2 Å². The van der Waals surface area contributed by atoms with Gasteiger partial charge in [0, 0.05) is 12.0 Å². The minimum Gasteiger partial charge on any atom is -0.490 e. The normalized spacial score (nSPS) is 19.9. The number of ether oxygens (including phenoxy) is 1. The molecule has 1 aliphatic heterocycles. The third-order valence-electron chi connectivity index (χ3n) is 3.60. The summed E-state index contributed by atoms with van der Waals surface area (Å²) in [6.07, 6.45) is 2.54. The van der Waals surface area contributed by atoms with Gasteiger partial charge in [0.15, 0.2) is 0 Å². The molecule has 1 N–H and O–H groups in total. The second kappa shape index (κ2) is 5.54. The third-order valence-corrected chi connectivity index (χ3v) is 3.60. The van der Waals surface area contributed by atoms with E-state index in [1.54, 1.807) is 0 Å². The summed E-state index contributed by atoms with van der Waals surface area (Å²) in [4.78, 5) is 0. The standard InChI is InChI=1S/C17H27NO/c1-12-6-7-16-14(8-12)10-15(19-16)9-13(2)11-18-17(3,4)5/h6-8,13,15,18H,9-11H2,1-5H3. The first-order valence-corrected chi connectivity index (χ1v) is 7.35. The van der Waals surface area contributed by atoms with Gasteiger partial charge in [0.1, 0.15) is 11.9 Å². The Morgan fingerprint density at radius 2 is 2.11 bits per heavy atom. The van der Waals surface area contributed by atoms with Gasteiger partial charge in [-0.3, -0.25) is 0 Å². The van der Waals surface area contributed by atoms with Crippen molar-refractivity contribution in [1.29, 1.82) is 0 Å². The quantitative estimate of drug-likeness (QED) is 0.892. The fraction of sp³-hybridized carbons (Fsp3) is 0.647. The minimum atomic E-state index is 0.199. The van der Waals surface area contributed by atoms with Gasteiger partial charge in [-0.1, -0.05) is 24.6 Å². The molecule has 2 rings (SSSR count). The van der Waals surface area contributed by atoms with Crippen molar-refractivity contribution in [2.45, 2.75) is 59.1 Å². The van der Waals surface area contributed by atoms with E-state index < -0.39 is 0 Å². The number of rotatable bonds is 4. The highest BCUT2D eigenvalue weighted by molar-refractivity contribution is 5.40. The first-order valence-electron chi connectivity index (χ1n) is 7.35. The van der Waals surface area contributed by atoms with E-state index in [0.717, 1.165) is 25.1 Å². The molecule has 106 valence electrons. The highest BCUT2D eigenvalue weighted by Gasteiger charge is 2.24. The molecular formula is C17H27NO. The van der Waals surface area contributed by atoms with Crippen molar-refractivity contribution in [1.82, 2.24) is 5.32 Å². The van der Waals surface area contributed by atoms with E-state index in [4.69, 9.17) is 4.74 Å². The highest BCUT2D eigenvalue weighted by atomic mass is 16.5. The number of fused-ring (bicyclic) bond motifs is 1. The monoisotopic (exact) mass is 261 g/mol. The lowest BCUT2D eigenvalue weighted by Crippen LogP contribution is -2.39. The van der Waals surface area contributed by atoms with Crippen molar-refractivity contribution in [3.8, 4) is 5.75 Å². The second-order valence-electron chi connectivity index (χ2n) is 7.03. The molecule has 1 aromatic carbocycles. The lowest BCUT2D eigenvalue weighted by atomic mass is 9.98. The van der Waals surface area contributed by atoms with E-state index in [-0.39, 0.29) is 5.54 Å². The SMILES string of the molecule is Cc1ccc2c(c1)CC(CC(C)CNC(C)(C)C)O2. The van der Waals surface area contributed by atoms with E-state index >= 15 is 0 Å². The van der Waals surface area contributed by atoms with Crippen molar-refractivity contribution in [3.63, 3.8) is 0 Å². The van der Waals surface area contributed by atoms with E-state index in [1.807, 2.05) is 0 Å². The van der Waals surface area contributed by atoms with Gasteiger partial charge in [-0.15, -0.1) is 0 Å². The van der Waals surface area contributed by atoms with Crippen molar-refractivity contribution >= 4 is 0 Å². The van der Waals surface area contributed by atoms with Crippen LogP contribution in [0.25, 0.3) is 0 Å². The van der Waals surface area contributed by atoms with E-state index in [9.17, 15) is 0 Å². The maximum Gasteiger partial charge on any atom is 0.123 e. The summed E-state index contributed by atoms with van der Waals surface area (Å²) in [5, 5.41) is 3.57. The van der Waals surface area contributed by atoms with Crippen LogP contribution in [0.1, 0.15) is 45.2 Å². The molecule has 0 amide bonds. The summed E-state index contributed by atoms with van der Waals surface area (Å²) in [5.41, 5.74) is 2.90. The van der Waals surface area contributed by atoms with Crippen molar-refractivity contribution in [2.24, 2.45) is 5.92 Å². The van der Waals surface area contributed by atoms with Gasteiger partial charge >= 0.3 is 0 Å². The minimum absolute atomic E-state index is 0.199. The van der Waals surface area contributed by atoms with Crippen LogP contribution in [-0.2, 0) is 6.42 Å². The Labute approximate surface area is 117 Å². The smallest absolute Gasteiger partial charge is 0.123 e. The molecule has 0 spiro atoms. The largest absolute Gasteiger partial charge is 0.490 e. The molecule has 1 aromatic rings. The van der Waals surface area contributed by atoms with Gasteiger partial charge < -0.3 is 10.1 Å². The number of benzene rings is 1. The summed E-state index contributed by atoms with van der Waals surface area (Å²) in [7, 11) is 0. The lowest BCUT2D eigenvalue weighted by Gasteiger charge is -2.24. The maximum absolute atomic E-state index is 6.04. The topological polar surface area (TPSA) is 21.3 Å². The Balaban J connectivity index is 1.83. The molecule has 2 nitrogen and oxygen atoms in total. The fourth-order valence-electron chi connectivity index (χ4n) is 2.59. The second-order valence-corrected chi connectivity index (χ2v) is 7.03. The zero-order valence-corrected chi connectivity index (χ0v) is 12.9. The summed E-state index contributed by atoms with van der Waals surface area (Å²) in [5.74, 6) is 1.73. The molecule has 2 atom stereocenters. The van der Waals surface area contributed by atoms with Gasteiger partial charge in [-0.05, 0) is 58.2 Å². The van der Waals surface area contributed by atoms with Crippen LogP contribution in [0.5, 0.6) is 5.75 Å². The molecule has 1 aliphatic rings. The highest BCUT2D eigenvalue weighted by Crippen LogP contribution is 2.31. The Morgan fingerprint density at radius 1 is 1.37 bits per heavy atom. The average Bonchev–Trinajstić information content (AvgIpc) is 2.66. The molecule has 1 heterocycles. The molecule has 19 heavy (non-hydrogen) atoms. The van der Waals surface area contributed by atoms with Crippen molar-refractivity contribution < 1.29 is 4.74 Å². The summed E-state index contributed by atoms with van der Waals surface area (Å²) in [6.45, 7) is 12.1. The van der Waals surface area contributed by atoms with Gasteiger partial charge in [-0.2, -0.15) is 0 Å². The predicted molar refractivity (Wildman–Crippen MR) is 80.8 cm³/mol. The number of hydrogen-bond donors (Lipinski definition) is 1. The van der Waals surface area contributed by atoms with Crippen LogP contribution < -0.4 is 10.1 Å². The van der Waals surface area contributed by atoms with E-state index in [2.05, 4.69) is 58.1 Å². The number of nitrogens with one attached hydrogen (secondary N) is 1. The first-order chi connectivity index (χ1) is 8.83. The van der Waals surface area contributed by atoms with Crippen LogP contribution in [-0.4, -0.2) is 18.2 Å². The summed E-state index contributed by atoms with van der Waals surface area (Å²) < 4.78 is 6.04. The van der Waals surface area contributed by atoms with Gasteiger partial charge in [0.25, 0.3) is 0 Å². The Hall–Kier alpha value is -1.02. The molecule has 0 fully saturated rings. The molecule has 2 unspecified atom stereocenters. The molecule has 0 saturated carbocycles. The number of hydrogen-bond acceptors (Lipinski definition) is 2. The van der Waals surface area contributed by atoms with Gasteiger partial charge in [0.2, 0.25) is 0 Å². The van der Waals surface area contributed by atoms with E-state index in [1.165, 1.54) is 11.1 Å². The molecule has 0 aromatic heterocycles. The maximum atomic E-state index is 6.04.